The van der Waals surface area contributed by atoms with Gasteiger partial charge in [-0.05, 0) is 64.2 Å². The number of aliphatic hydroxyl groups excluding tert-OH is 2. The molecule has 0 saturated carbocycles. The van der Waals surface area contributed by atoms with Gasteiger partial charge in [0.2, 0.25) is 5.91 Å². The molecule has 0 radical (unpaired) electrons. The lowest BCUT2D eigenvalue weighted by Gasteiger charge is -2.24. The molecule has 0 heterocycles. The van der Waals surface area contributed by atoms with Gasteiger partial charge in [0.15, 0.2) is 0 Å². The average Bonchev–Trinajstić information content (AvgIpc) is 3.19. The monoisotopic (exact) mass is 782 g/mol. The standard InChI is InChI=1S/C50H87NO5/c1-4-7-10-13-16-19-22-24-27-30-33-36-39-42-48(53)47(45-52)51-49(54)44-46(41-38-35-32-29-26-21-18-15-12-9-6-3)56-50(55)43-40-37-34-31-28-25-23-20-17-14-11-8-5-2/h8-9,11-12,14-15,17-18,20-21,23,26,46-48,52-53H,4-7,10,13,16,19,22,24-25,27-45H2,1-3H3,(H,51,54)/b11-8+,12-9+,17-14+,18-15+,23-20-,26-21-. The Bertz CT molecular complexity index is 1060. The van der Waals surface area contributed by atoms with Crippen LogP contribution in [0, 0.1) is 0 Å². The zero-order chi connectivity index (χ0) is 41.0. The second-order valence-electron chi connectivity index (χ2n) is 15.5. The van der Waals surface area contributed by atoms with Gasteiger partial charge in [-0.25, -0.2) is 0 Å². The number of carbonyl (C=O) groups excluding carboxylic acids is 2. The van der Waals surface area contributed by atoms with Crippen LogP contribution in [-0.4, -0.2) is 46.9 Å². The Hall–Kier alpha value is -2.70. The number of hydrogen-bond acceptors (Lipinski definition) is 5. The molecule has 1 amide bonds. The molecule has 3 atom stereocenters. The van der Waals surface area contributed by atoms with Crippen molar-refractivity contribution in [2.24, 2.45) is 0 Å². The minimum absolute atomic E-state index is 0.0429. The molecule has 3 unspecified atom stereocenters. The molecule has 3 N–H and O–H groups in total. The van der Waals surface area contributed by atoms with Gasteiger partial charge in [0.1, 0.15) is 6.10 Å². The number of ether oxygens (including phenoxy) is 1. The maximum absolute atomic E-state index is 13.1. The summed E-state index contributed by atoms with van der Waals surface area (Å²) in [6.45, 7) is 6.18. The van der Waals surface area contributed by atoms with E-state index in [9.17, 15) is 19.8 Å². The van der Waals surface area contributed by atoms with E-state index < -0.39 is 18.2 Å². The first-order valence-electron chi connectivity index (χ1n) is 23.2. The predicted octanol–water partition coefficient (Wildman–Crippen LogP) is 13.4. The Balaban J connectivity index is 4.64. The minimum Gasteiger partial charge on any atom is -0.462 e. The van der Waals surface area contributed by atoms with Crippen LogP contribution in [0.3, 0.4) is 0 Å². The van der Waals surface area contributed by atoms with E-state index in [-0.39, 0.29) is 24.9 Å². The van der Waals surface area contributed by atoms with Gasteiger partial charge >= 0.3 is 5.97 Å². The highest BCUT2D eigenvalue weighted by atomic mass is 16.5. The van der Waals surface area contributed by atoms with Crippen LogP contribution in [0.2, 0.25) is 0 Å². The van der Waals surface area contributed by atoms with Crippen molar-refractivity contribution in [1.29, 1.82) is 0 Å². The minimum atomic E-state index is -0.802. The smallest absolute Gasteiger partial charge is 0.306 e. The van der Waals surface area contributed by atoms with Gasteiger partial charge < -0.3 is 20.3 Å². The largest absolute Gasteiger partial charge is 0.462 e. The van der Waals surface area contributed by atoms with Crippen LogP contribution < -0.4 is 5.32 Å². The number of rotatable bonds is 40. The van der Waals surface area contributed by atoms with Crippen LogP contribution in [0.15, 0.2) is 72.9 Å². The van der Waals surface area contributed by atoms with Crippen molar-refractivity contribution in [3.05, 3.63) is 72.9 Å². The summed E-state index contributed by atoms with van der Waals surface area (Å²) in [4.78, 5) is 26.0. The number of nitrogens with one attached hydrogen (secondary N) is 1. The van der Waals surface area contributed by atoms with Gasteiger partial charge in [-0.15, -0.1) is 0 Å². The highest BCUT2D eigenvalue weighted by Crippen LogP contribution is 2.17. The summed E-state index contributed by atoms with van der Waals surface area (Å²) in [6.07, 6.45) is 53.9. The van der Waals surface area contributed by atoms with E-state index in [1.807, 2.05) is 12.2 Å². The Morgan fingerprint density at radius 1 is 0.536 bits per heavy atom. The molecule has 0 spiro atoms. The fraction of sp³-hybridized carbons (Fsp3) is 0.720. The van der Waals surface area contributed by atoms with Crippen molar-refractivity contribution in [3.63, 3.8) is 0 Å². The predicted molar refractivity (Wildman–Crippen MR) is 241 cm³/mol. The molecule has 6 heteroatoms. The topological polar surface area (TPSA) is 95.9 Å². The molecule has 0 rings (SSSR count). The van der Waals surface area contributed by atoms with Crippen LogP contribution >= 0.6 is 0 Å². The summed E-state index contributed by atoms with van der Waals surface area (Å²) in [5.41, 5.74) is 0. The van der Waals surface area contributed by atoms with Crippen molar-refractivity contribution in [3.8, 4) is 0 Å². The van der Waals surface area contributed by atoms with E-state index in [0.29, 0.717) is 19.3 Å². The van der Waals surface area contributed by atoms with E-state index in [2.05, 4.69) is 86.8 Å². The Morgan fingerprint density at radius 2 is 0.964 bits per heavy atom. The Labute approximate surface area is 345 Å². The van der Waals surface area contributed by atoms with Gasteiger partial charge in [-0.3, -0.25) is 9.59 Å². The van der Waals surface area contributed by atoms with E-state index >= 15 is 0 Å². The van der Waals surface area contributed by atoms with Crippen molar-refractivity contribution in [2.75, 3.05) is 6.61 Å². The summed E-state index contributed by atoms with van der Waals surface area (Å²) < 4.78 is 5.87. The molecule has 0 bridgehead atoms. The summed E-state index contributed by atoms with van der Waals surface area (Å²) in [5.74, 6) is -0.539. The van der Waals surface area contributed by atoms with E-state index in [1.54, 1.807) is 0 Å². The van der Waals surface area contributed by atoms with Gasteiger partial charge in [-0.1, -0.05) is 203 Å². The van der Waals surface area contributed by atoms with Crippen molar-refractivity contribution in [1.82, 2.24) is 5.32 Å². The first-order chi connectivity index (χ1) is 27.5. The third-order valence-corrected chi connectivity index (χ3v) is 10.2. The van der Waals surface area contributed by atoms with Crippen LogP contribution in [-0.2, 0) is 14.3 Å². The number of allylic oxidation sites excluding steroid dienone is 12. The molecule has 0 saturated heterocycles. The second-order valence-corrected chi connectivity index (χ2v) is 15.5. The summed E-state index contributed by atoms with van der Waals surface area (Å²) in [6, 6.07) is -0.718. The number of aliphatic hydroxyl groups is 2. The fourth-order valence-corrected chi connectivity index (χ4v) is 6.66. The summed E-state index contributed by atoms with van der Waals surface area (Å²) in [5, 5.41) is 23.7. The summed E-state index contributed by atoms with van der Waals surface area (Å²) >= 11 is 0. The van der Waals surface area contributed by atoms with Crippen molar-refractivity contribution < 1.29 is 24.5 Å². The molecule has 0 aliphatic rings. The molecule has 0 aliphatic heterocycles. The Morgan fingerprint density at radius 3 is 1.46 bits per heavy atom. The zero-order valence-corrected chi connectivity index (χ0v) is 36.5. The van der Waals surface area contributed by atoms with Crippen LogP contribution in [0.25, 0.3) is 0 Å². The lowest BCUT2D eigenvalue weighted by atomic mass is 10.0. The molecule has 0 fully saturated rings. The summed E-state index contributed by atoms with van der Waals surface area (Å²) in [7, 11) is 0. The van der Waals surface area contributed by atoms with Gasteiger partial charge in [-0.2, -0.15) is 0 Å². The van der Waals surface area contributed by atoms with E-state index in [1.165, 1.54) is 64.2 Å². The molecule has 0 aromatic rings. The van der Waals surface area contributed by atoms with Gasteiger partial charge in [0, 0.05) is 6.42 Å². The lowest BCUT2D eigenvalue weighted by molar-refractivity contribution is -0.151. The molecule has 0 aromatic heterocycles. The number of carbonyl (C=O) groups is 2. The second kappa shape index (κ2) is 43.4. The Kier molecular flexibility index (Phi) is 41.3. The first-order valence-corrected chi connectivity index (χ1v) is 23.2. The highest BCUT2D eigenvalue weighted by Gasteiger charge is 2.24. The quantitative estimate of drug-likeness (QED) is 0.0327. The lowest BCUT2D eigenvalue weighted by Crippen LogP contribution is -2.46. The zero-order valence-electron chi connectivity index (χ0n) is 36.5. The highest BCUT2D eigenvalue weighted by molar-refractivity contribution is 5.77. The average molecular weight is 782 g/mol. The number of esters is 1. The third kappa shape index (κ3) is 38.2. The molecular weight excluding hydrogens is 695 g/mol. The molecule has 6 nitrogen and oxygen atoms in total. The normalized spacial score (nSPS) is 14.0. The van der Waals surface area contributed by atoms with Gasteiger partial charge in [0.05, 0.1) is 25.2 Å². The molecule has 0 aromatic carbocycles. The van der Waals surface area contributed by atoms with Crippen LogP contribution in [0.4, 0.5) is 0 Å². The third-order valence-electron chi connectivity index (χ3n) is 10.2. The van der Waals surface area contributed by atoms with Crippen molar-refractivity contribution >= 4 is 11.9 Å². The van der Waals surface area contributed by atoms with Crippen LogP contribution in [0.1, 0.15) is 207 Å². The number of unbranched alkanes of at least 4 members (excludes halogenated alkanes) is 20. The van der Waals surface area contributed by atoms with E-state index in [4.69, 9.17) is 4.74 Å². The number of hydrogen-bond donors (Lipinski definition) is 3. The molecular formula is C50H87NO5. The van der Waals surface area contributed by atoms with Gasteiger partial charge in [0.25, 0.3) is 0 Å². The molecule has 0 aliphatic carbocycles. The SMILES string of the molecule is CC/C=C/C=C/C=C\CCCCCCCC(=O)OC(CCCCC\C=C/C=C/C=C/CC)CC(=O)NC(CO)C(O)CCCCCCCCCCCCCCC. The first kappa shape index (κ1) is 53.3. The maximum Gasteiger partial charge on any atom is 0.306 e. The van der Waals surface area contributed by atoms with Crippen molar-refractivity contribution in [2.45, 2.75) is 225 Å². The maximum atomic E-state index is 13.1. The number of amides is 1. The molecule has 56 heavy (non-hydrogen) atoms. The fourth-order valence-electron chi connectivity index (χ4n) is 6.66. The molecule has 322 valence electrons. The van der Waals surface area contributed by atoms with E-state index in [0.717, 1.165) is 96.3 Å². The van der Waals surface area contributed by atoms with Crippen LogP contribution in [0.5, 0.6) is 0 Å².